The maximum Gasteiger partial charge on any atom is 0.0992 e. The zero-order valence-corrected chi connectivity index (χ0v) is 29.5. The van der Waals surface area contributed by atoms with Gasteiger partial charge in [0.1, 0.15) is 0 Å². The van der Waals surface area contributed by atoms with Crippen LogP contribution in [-0.2, 0) is 0 Å². The molecule has 0 radical (unpaired) electrons. The summed E-state index contributed by atoms with van der Waals surface area (Å²) in [5, 5.41) is 27.2. The minimum Gasteiger partial charge on any atom is -0.309 e. The third-order valence-corrected chi connectivity index (χ3v) is 11.0. The van der Waals surface area contributed by atoms with Crippen LogP contribution in [0.4, 0.5) is 0 Å². The Balaban J connectivity index is 1.12. The van der Waals surface area contributed by atoms with Crippen molar-refractivity contribution in [1.82, 2.24) is 13.7 Å². The Labute approximate surface area is 316 Å². The Morgan fingerprint density at radius 2 is 0.745 bits per heavy atom. The van der Waals surface area contributed by atoms with Gasteiger partial charge in [0.15, 0.2) is 0 Å². The Kier molecular flexibility index (Phi) is 6.61. The average Bonchev–Trinajstić information content (AvgIpc) is 3.89. The summed E-state index contributed by atoms with van der Waals surface area (Å²) in [7, 11) is 0. The zero-order chi connectivity index (χ0) is 36.6. The summed E-state index contributed by atoms with van der Waals surface area (Å²) in [6, 6.07) is 66.0. The van der Waals surface area contributed by atoms with Crippen molar-refractivity contribution in [3.63, 3.8) is 0 Å². The molecule has 0 amide bonds. The fraction of sp³-hybridized carbons (Fsp3) is 0. The second kappa shape index (κ2) is 11.8. The molecule has 0 aliphatic rings. The van der Waals surface area contributed by atoms with Crippen LogP contribution >= 0.6 is 0 Å². The third-order valence-electron chi connectivity index (χ3n) is 11.0. The molecule has 0 saturated heterocycles. The predicted octanol–water partition coefficient (Wildman–Crippen LogP) is 12.4. The molecule has 0 aliphatic heterocycles. The number of hydrogen-bond acceptors (Lipinski definition) is 2. The Hall–Kier alpha value is -7.86. The summed E-state index contributed by atoms with van der Waals surface area (Å²) >= 11 is 0. The van der Waals surface area contributed by atoms with Crippen LogP contribution in [0.5, 0.6) is 0 Å². The lowest BCUT2D eigenvalue weighted by atomic mass is 10.0. The SMILES string of the molecule is N#Cc1cc(-c2cccc(-n3c4ccccc4c4ccccc43)c2)cc(-n2c3ccc(C#N)cc3c3cc(-n4c5ccccc5c5ccccc54)ccc32)c1. The van der Waals surface area contributed by atoms with Crippen LogP contribution in [0, 0.1) is 22.7 Å². The van der Waals surface area contributed by atoms with Crippen molar-refractivity contribution in [1.29, 1.82) is 10.5 Å². The number of nitriles is 2. The number of nitrogens with zero attached hydrogens (tertiary/aromatic N) is 5. The van der Waals surface area contributed by atoms with Crippen LogP contribution in [0.25, 0.3) is 93.6 Å². The largest absolute Gasteiger partial charge is 0.309 e. The van der Waals surface area contributed by atoms with E-state index in [1.807, 2.05) is 30.3 Å². The number of benzene rings is 8. The van der Waals surface area contributed by atoms with Crippen molar-refractivity contribution < 1.29 is 0 Å². The standard InChI is InChI=1S/C50H29N5/c51-30-32-20-22-49-43(26-32)44-29-37(54-47-18-7-3-14-41(47)42-15-4-8-19-48(42)54)21-23-50(44)55(49)38-25-33(31-52)24-35(28-38)34-10-9-11-36(27-34)53-45-16-5-1-12-39(45)40-13-2-6-17-46(40)53/h1-29H. The maximum atomic E-state index is 10.4. The first-order valence-electron chi connectivity index (χ1n) is 18.3. The topological polar surface area (TPSA) is 62.4 Å². The molecule has 0 N–H and O–H groups in total. The summed E-state index contributed by atoms with van der Waals surface area (Å²) in [5.74, 6) is 0. The van der Waals surface area contributed by atoms with Crippen LogP contribution in [-0.4, -0.2) is 13.7 Å². The van der Waals surface area contributed by atoms with Crippen molar-refractivity contribution in [2.24, 2.45) is 0 Å². The van der Waals surface area contributed by atoms with Crippen LogP contribution in [0.1, 0.15) is 11.1 Å². The molecule has 0 aliphatic carbocycles. The maximum absolute atomic E-state index is 10.4. The molecule has 3 aromatic heterocycles. The van der Waals surface area contributed by atoms with Gasteiger partial charge in [-0.05, 0) is 102 Å². The summed E-state index contributed by atoms with van der Waals surface area (Å²) in [6.07, 6.45) is 0. The Bertz CT molecular complexity index is 3360. The fourth-order valence-electron chi connectivity index (χ4n) is 8.70. The van der Waals surface area contributed by atoms with Gasteiger partial charge in [-0.25, -0.2) is 0 Å². The highest BCUT2D eigenvalue weighted by Gasteiger charge is 2.19. The molecule has 55 heavy (non-hydrogen) atoms. The first-order valence-corrected chi connectivity index (χ1v) is 18.3. The van der Waals surface area contributed by atoms with E-state index in [4.69, 9.17) is 0 Å². The van der Waals surface area contributed by atoms with Gasteiger partial charge in [-0.15, -0.1) is 0 Å². The second-order valence-electron chi connectivity index (χ2n) is 14.1. The zero-order valence-electron chi connectivity index (χ0n) is 29.5. The van der Waals surface area contributed by atoms with E-state index in [2.05, 4.69) is 171 Å². The molecule has 0 atom stereocenters. The lowest BCUT2D eigenvalue weighted by Crippen LogP contribution is -1.98. The van der Waals surface area contributed by atoms with Gasteiger partial charge in [-0.3, -0.25) is 0 Å². The normalized spacial score (nSPS) is 11.6. The molecule has 11 aromatic rings. The Morgan fingerprint density at radius 3 is 1.31 bits per heavy atom. The number of para-hydroxylation sites is 4. The molecule has 8 aromatic carbocycles. The molecule has 5 heteroatoms. The minimum atomic E-state index is 0.570. The van der Waals surface area contributed by atoms with Gasteiger partial charge in [0.05, 0.1) is 56.4 Å². The summed E-state index contributed by atoms with van der Waals surface area (Å²) in [6.45, 7) is 0. The van der Waals surface area contributed by atoms with E-state index in [9.17, 15) is 10.5 Å². The van der Waals surface area contributed by atoms with E-state index in [1.54, 1.807) is 0 Å². The molecule has 0 bridgehead atoms. The molecule has 0 unspecified atom stereocenters. The quantitative estimate of drug-likeness (QED) is 0.184. The van der Waals surface area contributed by atoms with Gasteiger partial charge in [0.25, 0.3) is 0 Å². The number of fused-ring (bicyclic) bond motifs is 9. The van der Waals surface area contributed by atoms with E-state index in [0.717, 1.165) is 72.1 Å². The van der Waals surface area contributed by atoms with Crippen molar-refractivity contribution in [3.05, 3.63) is 187 Å². The highest BCUT2D eigenvalue weighted by molar-refractivity contribution is 6.13. The first kappa shape index (κ1) is 30.7. The van der Waals surface area contributed by atoms with E-state index in [0.29, 0.717) is 11.1 Å². The lowest BCUT2D eigenvalue weighted by Gasteiger charge is -2.14. The summed E-state index contributed by atoms with van der Waals surface area (Å²) < 4.78 is 6.86. The van der Waals surface area contributed by atoms with Crippen molar-refractivity contribution in [2.45, 2.75) is 0 Å². The van der Waals surface area contributed by atoms with Gasteiger partial charge in [-0.1, -0.05) is 84.9 Å². The monoisotopic (exact) mass is 699 g/mol. The van der Waals surface area contributed by atoms with E-state index in [1.165, 1.54) is 21.5 Å². The van der Waals surface area contributed by atoms with Gasteiger partial charge >= 0.3 is 0 Å². The molecule has 0 saturated carbocycles. The summed E-state index contributed by atoms with van der Waals surface area (Å²) in [4.78, 5) is 0. The van der Waals surface area contributed by atoms with Crippen LogP contribution in [0.2, 0.25) is 0 Å². The first-order chi connectivity index (χ1) is 27.2. The summed E-state index contributed by atoms with van der Waals surface area (Å²) in [5.41, 5.74) is 12.6. The molecule has 3 heterocycles. The van der Waals surface area contributed by atoms with E-state index >= 15 is 0 Å². The third kappa shape index (κ3) is 4.58. The molecule has 254 valence electrons. The van der Waals surface area contributed by atoms with Crippen LogP contribution in [0.3, 0.4) is 0 Å². The van der Waals surface area contributed by atoms with Crippen molar-refractivity contribution >= 4 is 65.4 Å². The highest BCUT2D eigenvalue weighted by atomic mass is 15.0. The second-order valence-corrected chi connectivity index (χ2v) is 14.1. The lowest BCUT2D eigenvalue weighted by molar-refractivity contribution is 1.16. The van der Waals surface area contributed by atoms with E-state index in [-0.39, 0.29) is 0 Å². The van der Waals surface area contributed by atoms with Crippen LogP contribution < -0.4 is 0 Å². The molecule has 0 fully saturated rings. The number of hydrogen-bond donors (Lipinski definition) is 0. The molecule has 11 rings (SSSR count). The van der Waals surface area contributed by atoms with Gasteiger partial charge in [0.2, 0.25) is 0 Å². The fourth-order valence-corrected chi connectivity index (χ4v) is 8.70. The van der Waals surface area contributed by atoms with Gasteiger partial charge in [-0.2, -0.15) is 10.5 Å². The van der Waals surface area contributed by atoms with Crippen LogP contribution in [0.15, 0.2) is 176 Å². The average molecular weight is 700 g/mol. The van der Waals surface area contributed by atoms with Crippen molar-refractivity contribution in [3.8, 4) is 40.3 Å². The smallest absolute Gasteiger partial charge is 0.0992 e. The highest BCUT2D eigenvalue weighted by Crippen LogP contribution is 2.39. The molecular weight excluding hydrogens is 671 g/mol. The number of rotatable bonds is 4. The van der Waals surface area contributed by atoms with E-state index < -0.39 is 0 Å². The molecular formula is C50H29N5. The molecule has 5 nitrogen and oxygen atoms in total. The van der Waals surface area contributed by atoms with Gasteiger partial charge < -0.3 is 13.7 Å². The van der Waals surface area contributed by atoms with Gasteiger partial charge in [0, 0.05) is 49.4 Å². The predicted molar refractivity (Wildman–Crippen MR) is 224 cm³/mol. The minimum absolute atomic E-state index is 0.570. The number of aromatic nitrogens is 3. The van der Waals surface area contributed by atoms with Crippen molar-refractivity contribution in [2.75, 3.05) is 0 Å². The Morgan fingerprint density at radius 1 is 0.291 bits per heavy atom. The molecule has 0 spiro atoms.